The molecule has 34 heavy (non-hydrogen) atoms. The van der Waals surface area contributed by atoms with Crippen LogP contribution in [-0.4, -0.2) is 30.1 Å². The molecule has 1 aliphatic carbocycles. The summed E-state index contributed by atoms with van der Waals surface area (Å²) in [6, 6.07) is 14.4. The summed E-state index contributed by atoms with van der Waals surface area (Å²) in [6.07, 6.45) is 9.44. The molecule has 0 radical (unpaired) electrons. The van der Waals surface area contributed by atoms with Crippen molar-refractivity contribution in [3.8, 4) is 0 Å². The van der Waals surface area contributed by atoms with E-state index in [0.29, 0.717) is 10.6 Å². The maximum atomic E-state index is 13.9. The van der Waals surface area contributed by atoms with E-state index in [-0.39, 0.29) is 22.6 Å². The summed E-state index contributed by atoms with van der Waals surface area (Å²) in [5.74, 6) is -1.43. The molecule has 0 heterocycles. The van der Waals surface area contributed by atoms with Crippen LogP contribution in [0.5, 0.6) is 0 Å². The number of rotatable bonds is 12. The van der Waals surface area contributed by atoms with Gasteiger partial charge in [0.2, 0.25) is 11.6 Å². The molecule has 1 unspecified atom stereocenters. The highest BCUT2D eigenvalue weighted by Gasteiger charge is 2.50. The number of fused-ring (bicyclic) bond motifs is 1. The minimum atomic E-state index is -1.85. The number of Topliss-reactive ketones (excluding diaryl/α,β-unsaturated/α-hetero) is 2. The number of halogens is 1. The second kappa shape index (κ2) is 12.1. The molecule has 0 bridgehead atoms. The van der Waals surface area contributed by atoms with Gasteiger partial charge in [0.05, 0.1) is 18.5 Å². The Balaban J connectivity index is 2.32. The SMILES string of the molecule is CCCC[P+](CCCC)(CCCC)C(C1=C([O-])c2ccccc2C(=O)C1=O)c1ccc(Cl)cc1. The fourth-order valence-corrected chi connectivity index (χ4v) is 11.2. The lowest BCUT2D eigenvalue weighted by Crippen LogP contribution is -2.33. The highest BCUT2D eigenvalue weighted by molar-refractivity contribution is 7.76. The molecule has 0 spiro atoms. The van der Waals surface area contributed by atoms with Gasteiger partial charge in [-0.15, -0.1) is 0 Å². The lowest BCUT2D eigenvalue weighted by Gasteiger charge is -2.39. The largest absolute Gasteiger partial charge is 0.872 e. The fraction of sp³-hybridized carbons (Fsp3) is 0.448. The Hall–Kier alpha value is -1.96. The van der Waals surface area contributed by atoms with Crippen LogP contribution in [0.25, 0.3) is 5.76 Å². The van der Waals surface area contributed by atoms with E-state index in [1.165, 1.54) is 0 Å². The number of carbonyl (C=O) groups excluding carboxylic acids is 2. The van der Waals surface area contributed by atoms with Gasteiger partial charge in [-0.2, -0.15) is 0 Å². The number of ketones is 2. The van der Waals surface area contributed by atoms with Gasteiger partial charge in [-0.3, -0.25) is 9.59 Å². The Morgan fingerprint density at radius 2 is 1.26 bits per heavy atom. The molecular formula is C29H36ClO3P. The first-order valence-corrected chi connectivity index (χ1v) is 15.4. The van der Waals surface area contributed by atoms with Crippen molar-refractivity contribution < 1.29 is 14.7 Å². The van der Waals surface area contributed by atoms with E-state index in [4.69, 9.17) is 11.6 Å². The van der Waals surface area contributed by atoms with E-state index in [2.05, 4.69) is 20.8 Å². The molecule has 0 N–H and O–H groups in total. The van der Waals surface area contributed by atoms with Crippen LogP contribution < -0.4 is 5.11 Å². The zero-order valence-corrected chi connectivity index (χ0v) is 22.3. The van der Waals surface area contributed by atoms with Crippen LogP contribution in [0, 0.1) is 0 Å². The van der Waals surface area contributed by atoms with Crippen LogP contribution in [-0.2, 0) is 4.79 Å². The Kier molecular flexibility index (Phi) is 9.51. The minimum absolute atomic E-state index is 0.197. The maximum absolute atomic E-state index is 13.9. The van der Waals surface area contributed by atoms with Crippen molar-refractivity contribution in [2.45, 2.75) is 65.0 Å². The van der Waals surface area contributed by atoms with Crippen LogP contribution in [0.15, 0.2) is 54.1 Å². The smallest absolute Gasteiger partial charge is 0.233 e. The zero-order chi connectivity index (χ0) is 24.7. The molecule has 3 nitrogen and oxygen atoms in total. The molecule has 5 heteroatoms. The molecule has 0 fully saturated rings. The van der Waals surface area contributed by atoms with Crippen molar-refractivity contribution >= 4 is 36.2 Å². The predicted octanol–water partition coefficient (Wildman–Crippen LogP) is 7.34. The van der Waals surface area contributed by atoms with Crippen LogP contribution >= 0.6 is 18.9 Å². The van der Waals surface area contributed by atoms with Gasteiger partial charge < -0.3 is 5.11 Å². The zero-order valence-electron chi connectivity index (χ0n) is 20.6. The summed E-state index contributed by atoms with van der Waals surface area (Å²) < 4.78 is 0. The summed E-state index contributed by atoms with van der Waals surface area (Å²) in [7, 11) is -1.85. The molecule has 0 amide bonds. The molecule has 1 aliphatic rings. The van der Waals surface area contributed by atoms with Crippen molar-refractivity contribution in [1.29, 1.82) is 0 Å². The molecule has 0 aromatic heterocycles. The summed E-state index contributed by atoms with van der Waals surface area (Å²) in [6.45, 7) is 6.57. The van der Waals surface area contributed by atoms with Gasteiger partial charge in [-0.05, 0) is 42.5 Å². The second-order valence-corrected chi connectivity index (χ2v) is 14.1. The topological polar surface area (TPSA) is 57.2 Å². The number of allylic oxidation sites excluding steroid dienone is 1. The molecule has 0 aliphatic heterocycles. The van der Waals surface area contributed by atoms with Gasteiger partial charge in [-0.1, -0.05) is 93.8 Å². The Bertz CT molecular complexity index is 1020. The molecule has 1 atom stereocenters. The number of unbranched alkanes of at least 4 members (excludes halogenated alkanes) is 3. The number of hydrogen-bond donors (Lipinski definition) is 0. The van der Waals surface area contributed by atoms with Crippen LogP contribution in [0.3, 0.4) is 0 Å². The number of benzene rings is 2. The highest BCUT2D eigenvalue weighted by atomic mass is 35.5. The average molecular weight is 499 g/mol. The monoisotopic (exact) mass is 498 g/mol. The summed E-state index contributed by atoms with van der Waals surface area (Å²) in [4.78, 5) is 26.8. The number of hydrogen-bond acceptors (Lipinski definition) is 3. The van der Waals surface area contributed by atoms with Gasteiger partial charge in [0.15, 0.2) is 0 Å². The molecule has 182 valence electrons. The van der Waals surface area contributed by atoms with Crippen molar-refractivity contribution in [2.75, 3.05) is 18.5 Å². The Morgan fingerprint density at radius 3 is 1.76 bits per heavy atom. The van der Waals surface area contributed by atoms with Crippen LogP contribution in [0.1, 0.15) is 86.4 Å². The third-order valence-corrected chi connectivity index (χ3v) is 12.5. The summed E-state index contributed by atoms with van der Waals surface area (Å²) in [5, 5.41) is 14.5. The van der Waals surface area contributed by atoms with Gasteiger partial charge in [-0.25, -0.2) is 0 Å². The normalized spacial score (nSPS) is 14.9. The van der Waals surface area contributed by atoms with Crippen molar-refractivity contribution in [3.05, 3.63) is 75.8 Å². The van der Waals surface area contributed by atoms with E-state index >= 15 is 0 Å². The minimum Gasteiger partial charge on any atom is -0.872 e. The van der Waals surface area contributed by atoms with Crippen LogP contribution in [0.4, 0.5) is 0 Å². The quantitative estimate of drug-likeness (QED) is 0.227. The van der Waals surface area contributed by atoms with Gasteiger partial charge in [0.1, 0.15) is 5.66 Å². The van der Waals surface area contributed by atoms with Crippen molar-refractivity contribution in [2.24, 2.45) is 0 Å². The molecule has 3 rings (SSSR count). The molecule has 0 saturated carbocycles. The van der Waals surface area contributed by atoms with E-state index in [1.54, 1.807) is 24.3 Å². The standard InChI is InChI=1S/C29H36ClO3P/c1-4-7-18-34(19-8-5-2,20-9-6-3)29(21-14-16-22(30)17-15-21)25-26(31)23-12-10-11-13-24(23)27(32)28(25)33/h10-17,29H,4-9,18-20H2,1-3H3. The van der Waals surface area contributed by atoms with Gasteiger partial charge in [0.25, 0.3) is 0 Å². The summed E-state index contributed by atoms with van der Waals surface area (Å²) >= 11 is 6.23. The van der Waals surface area contributed by atoms with Gasteiger partial charge in [0, 0.05) is 23.4 Å². The second-order valence-electron chi connectivity index (χ2n) is 9.35. The molecule has 2 aromatic rings. The van der Waals surface area contributed by atoms with Crippen LogP contribution in [0.2, 0.25) is 5.02 Å². The van der Waals surface area contributed by atoms with E-state index in [0.717, 1.165) is 62.6 Å². The molecule has 0 saturated heterocycles. The van der Waals surface area contributed by atoms with E-state index in [9.17, 15) is 14.7 Å². The average Bonchev–Trinajstić information content (AvgIpc) is 2.86. The Labute approximate surface area is 210 Å². The van der Waals surface area contributed by atoms with Gasteiger partial charge >= 0.3 is 0 Å². The first-order valence-electron chi connectivity index (χ1n) is 12.6. The predicted molar refractivity (Wildman–Crippen MR) is 143 cm³/mol. The highest BCUT2D eigenvalue weighted by Crippen LogP contribution is 2.73. The van der Waals surface area contributed by atoms with Crippen molar-refractivity contribution in [3.63, 3.8) is 0 Å². The van der Waals surface area contributed by atoms with Crippen molar-refractivity contribution in [1.82, 2.24) is 0 Å². The van der Waals surface area contributed by atoms with E-state index < -0.39 is 18.8 Å². The first kappa shape index (κ1) is 26.6. The van der Waals surface area contributed by atoms with E-state index in [1.807, 2.05) is 24.3 Å². The first-order chi connectivity index (χ1) is 16.4. The lowest BCUT2D eigenvalue weighted by atomic mass is 9.85. The Morgan fingerprint density at radius 1 is 0.765 bits per heavy atom. The third kappa shape index (κ3) is 5.47. The number of carbonyl (C=O) groups is 2. The maximum Gasteiger partial charge on any atom is 0.233 e. The summed E-state index contributed by atoms with van der Waals surface area (Å²) in [5.41, 5.74) is 1.41. The lowest BCUT2D eigenvalue weighted by molar-refractivity contribution is -0.245. The molecule has 2 aromatic carbocycles. The third-order valence-electron chi connectivity index (χ3n) is 6.99. The fourth-order valence-electron chi connectivity index (χ4n) is 5.16. The molecular weight excluding hydrogens is 463 g/mol.